The van der Waals surface area contributed by atoms with Crippen molar-refractivity contribution in [3.8, 4) is 0 Å². The first-order valence-corrected chi connectivity index (χ1v) is 5.29. The van der Waals surface area contributed by atoms with Crippen LogP contribution in [0.1, 0.15) is 19.4 Å². The second-order valence-corrected chi connectivity index (χ2v) is 4.03. The minimum atomic E-state index is 0.945. The lowest BCUT2D eigenvalue weighted by atomic mass is 10.2. The predicted molar refractivity (Wildman–Crippen MR) is 65.7 cm³/mol. The number of hydrogen-bond acceptors (Lipinski definition) is 1. The molecule has 0 saturated heterocycles. The lowest BCUT2D eigenvalue weighted by Gasteiger charge is -2.13. The topological polar surface area (TPSA) is 3.24 Å². The van der Waals surface area contributed by atoms with Crippen molar-refractivity contribution in [3.05, 3.63) is 53.3 Å². The van der Waals surface area contributed by atoms with E-state index in [2.05, 4.69) is 61.9 Å². The Labute approximate surface area is 92.7 Å². The molecule has 0 fully saturated rings. The first-order chi connectivity index (χ1) is 7.18. The Hall–Kier alpha value is -1.30. The maximum Gasteiger partial charge on any atom is 0.0238 e. The first kappa shape index (κ1) is 11.8. The van der Waals surface area contributed by atoms with Crippen LogP contribution < -0.4 is 0 Å². The van der Waals surface area contributed by atoms with Crippen molar-refractivity contribution in [1.82, 2.24) is 4.90 Å². The fourth-order valence-electron chi connectivity index (χ4n) is 1.37. The Bertz CT molecular complexity index is 341. The van der Waals surface area contributed by atoms with Gasteiger partial charge in [-0.3, -0.25) is 4.90 Å². The molecule has 0 heterocycles. The molecule has 0 amide bonds. The standard InChI is InChI=1S/C14H19N/c1-13(2)8-7-11-15(3)12-14-9-5-4-6-10-14/h4-7,9-10H,11-12H2,1-3H3. The van der Waals surface area contributed by atoms with Crippen LogP contribution in [0.3, 0.4) is 0 Å². The smallest absolute Gasteiger partial charge is 0.0238 e. The molecule has 1 aromatic rings. The zero-order valence-corrected chi connectivity index (χ0v) is 9.83. The molecule has 0 aliphatic carbocycles. The summed E-state index contributed by atoms with van der Waals surface area (Å²) in [6.07, 6.45) is 2.08. The highest BCUT2D eigenvalue weighted by Crippen LogP contribution is 2.01. The Balaban J connectivity index is 2.44. The molecule has 1 rings (SSSR count). The number of likely N-dealkylation sites (N-methyl/N-ethyl adjacent to an activating group) is 1. The SMILES string of the molecule is CC(C)=C=CCN(C)Cc1ccccc1. The van der Waals surface area contributed by atoms with Crippen molar-refractivity contribution in [1.29, 1.82) is 0 Å². The fourth-order valence-corrected chi connectivity index (χ4v) is 1.37. The van der Waals surface area contributed by atoms with Crippen molar-refractivity contribution in [2.24, 2.45) is 0 Å². The molecular formula is C14H19N. The predicted octanol–water partition coefficient (Wildman–Crippen LogP) is 3.24. The Morgan fingerprint density at radius 2 is 1.93 bits per heavy atom. The largest absolute Gasteiger partial charge is 0.298 e. The molecule has 0 radical (unpaired) electrons. The van der Waals surface area contributed by atoms with Crippen molar-refractivity contribution in [2.75, 3.05) is 13.6 Å². The average Bonchev–Trinajstić information content (AvgIpc) is 2.18. The van der Waals surface area contributed by atoms with Crippen LogP contribution in [0, 0.1) is 0 Å². The van der Waals surface area contributed by atoms with Crippen LogP contribution in [-0.4, -0.2) is 18.5 Å². The molecule has 0 atom stereocenters. The quantitative estimate of drug-likeness (QED) is 0.676. The maximum atomic E-state index is 3.21. The van der Waals surface area contributed by atoms with E-state index in [-0.39, 0.29) is 0 Å². The van der Waals surface area contributed by atoms with Gasteiger partial charge in [0.2, 0.25) is 0 Å². The third kappa shape index (κ3) is 5.21. The second-order valence-electron chi connectivity index (χ2n) is 4.03. The van der Waals surface area contributed by atoms with Crippen molar-refractivity contribution >= 4 is 0 Å². The lowest BCUT2D eigenvalue weighted by Crippen LogP contribution is -2.17. The monoisotopic (exact) mass is 201 g/mol. The van der Waals surface area contributed by atoms with Gasteiger partial charge in [0, 0.05) is 13.1 Å². The Kier molecular flexibility index (Phi) is 4.89. The molecule has 0 bridgehead atoms. The van der Waals surface area contributed by atoms with Gasteiger partial charge < -0.3 is 0 Å². The van der Waals surface area contributed by atoms with Gasteiger partial charge in [0.25, 0.3) is 0 Å². The van der Waals surface area contributed by atoms with Crippen LogP contribution in [0.5, 0.6) is 0 Å². The summed E-state index contributed by atoms with van der Waals surface area (Å²) in [5, 5.41) is 0. The number of hydrogen-bond donors (Lipinski definition) is 0. The second kappa shape index (κ2) is 6.23. The van der Waals surface area contributed by atoms with E-state index in [0.29, 0.717) is 0 Å². The van der Waals surface area contributed by atoms with Crippen molar-refractivity contribution in [3.63, 3.8) is 0 Å². The molecule has 1 aromatic carbocycles. The Morgan fingerprint density at radius 1 is 1.27 bits per heavy atom. The summed E-state index contributed by atoms with van der Waals surface area (Å²) in [5.74, 6) is 0. The zero-order chi connectivity index (χ0) is 11.1. The molecule has 1 nitrogen and oxygen atoms in total. The molecule has 0 aliphatic heterocycles. The molecular weight excluding hydrogens is 182 g/mol. The number of benzene rings is 1. The molecule has 0 spiro atoms. The lowest BCUT2D eigenvalue weighted by molar-refractivity contribution is 0.363. The molecule has 0 unspecified atom stereocenters. The molecule has 0 aliphatic rings. The molecule has 0 aromatic heterocycles. The van der Waals surface area contributed by atoms with Gasteiger partial charge in [-0.25, -0.2) is 0 Å². The zero-order valence-electron chi connectivity index (χ0n) is 9.83. The van der Waals surface area contributed by atoms with Gasteiger partial charge >= 0.3 is 0 Å². The highest BCUT2D eigenvalue weighted by molar-refractivity contribution is 5.14. The summed E-state index contributed by atoms with van der Waals surface area (Å²) in [5.41, 5.74) is 5.79. The van der Waals surface area contributed by atoms with Crippen molar-refractivity contribution in [2.45, 2.75) is 20.4 Å². The Morgan fingerprint density at radius 3 is 2.53 bits per heavy atom. The maximum absolute atomic E-state index is 3.21. The van der Waals surface area contributed by atoms with E-state index >= 15 is 0 Å². The summed E-state index contributed by atoms with van der Waals surface area (Å²) < 4.78 is 0. The van der Waals surface area contributed by atoms with Gasteiger partial charge in [0.05, 0.1) is 0 Å². The summed E-state index contributed by atoms with van der Waals surface area (Å²) in [7, 11) is 2.12. The minimum absolute atomic E-state index is 0.945. The molecule has 80 valence electrons. The van der Waals surface area contributed by atoms with E-state index in [1.54, 1.807) is 0 Å². The first-order valence-electron chi connectivity index (χ1n) is 5.29. The van der Waals surface area contributed by atoms with Gasteiger partial charge in [-0.1, -0.05) is 30.3 Å². The van der Waals surface area contributed by atoms with Crippen LogP contribution >= 0.6 is 0 Å². The van der Waals surface area contributed by atoms with Gasteiger partial charge in [-0.05, 0) is 38.1 Å². The average molecular weight is 201 g/mol. The normalized spacial score (nSPS) is 9.87. The number of nitrogens with zero attached hydrogens (tertiary/aromatic N) is 1. The third-order valence-corrected chi connectivity index (χ3v) is 2.09. The van der Waals surface area contributed by atoms with Crippen LogP contribution in [0.4, 0.5) is 0 Å². The van der Waals surface area contributed by atoms with Crippen LogP contribution in [-0.2, 0) is 6.54 Å². The fraction of sp³-hybridized carbons (Fsp3) is 0.357. The molecule has 1 heteroatoms. The number of rotatable bonds is 4. The van der Waals surface area contributed by atoms with E-state index in [1.165, 1.54) is 11.1 Å². The molecule has 0 saturated carbocycles. The van der Waals surface area contributed by atoms with Crippen LogP contribution in [0.15, 0.2) is 47.7 Å². The van der Waals surface area contributed by atoms with Crippen molar-refractivity contribution < 1.29 is 0 Å². The molecule has 15 heavy (non-hydrogen) atoms. The van der Waals surface area contributed by atoms with E-state index in [9.17, 15) is 0 Å². The van der Waals surface area contributed by atoms with E-state index in [0.717, 1.165) is 13.1 Å². The van der Waals surface area contributed by atoms with E-state index < -0.39 is 0 Å². The highest BCUT2D eigenvalue weighted by atomic mass is 15.1. The van der Waals surface area contributed by atoms with Gasteiger partial charge in [0.15, 0.2) is 0 Å². The summed E-state index contributed by atoms with van der Waals surface area (Å²) >= 11 is 0. The highest BCUT2D eigenvalue weighted by Gasteiger charge is 1.96. The van der Waals surface area contributed by atoms with Crippen LogP contribution in [0.2, 0.25) is 0 Å². The van der Waals surface area contributed by atoms with E-state index in [4.69, 9.17) is 0 Å². The summed E-state index contributed by atoms with van der Waals surface area (Å²) in [6.45, 7) is 6.06. The van der Waals surface area contributed by atoms with Crippen LogP contribution in [0.25, 0.3) is 0 Å². The molecule has 0 N–H and O–H groups in total. The third-order valence-electron chi connectivity index (χ3n) is 2.09. The van der Waals surface area contributed by atoms with Gasteiger partial charge in [-0.15, -0.1) is 5.73 Å². The van der Waals surface area contributed by atoms with E-state index in [1.807, 2.05) is 6.07 Å². The summed E-state index contributed by atoms with van der Waals surface area (Å²) in [6, 6.07) is 10.5. The minimum Gasteiger partial charge on any atom is -0.298 e. The summed E-state index contributed by atoms with van der Waals surface area (Å²) in [4.78, 5) is 2.27. The van der Waals surface area contributed by atoms with Gasteiger partial charge in [0.1, 0.15) is 0 Å². The van der Waals surface area contributed by atoms with Gasteiger partial charge in [-0.2, -0.15) is 0 Å².